The van der Waals surface area contributed by atoms with Gasteiger partial charge in [-0.3, -0.25) is 9.48 Å². The molecule has 0 aliphatic carbocycles. The first-order chi connectivity index (χ1) is 8.61. The van der Waals surface area contributed by atoms with Crippen LogP contribution < -0.4 is 10.1 Å². The lowest BCUT2D eigenvalue weighted by molar-refractivity contribution is 0.102. The fraction of sp³-hybridized carbons (Fsp3) is 0.231. The van der Waals surface area contributed by atoms with Gasteiger partial charge in [-0.2, -0.15) is 5.10 Å². The number of ether oxygens (including phenoxy) is 1. The number of amides is 1. The molecule has 2 aromatic rings. The highest BCUT2D eigenvalue weighted by Crippen LogP contribution is 2.16. The third-order valence-corrected chi connectivity index (χ3v) is 2.82. The van der Waals surface area contributed by atoms with Crippen LogP contribution in [0.2, 0.25) is 0 Å². The Bertz CT molecular complexity index is 575. The Morgan fingerprint density at radius 1 is 1.44 bits per heavy atom. The quantitative estimate of drug-likeness (QED) is 0.899. The molecule has 1 heterocycles. The van der Waals surface area contributed by atoms with Gasteiger partial charge >= 0.3 is 0 Å². The van der Waals surface area contributed by atoms with Gasteiger partial charge in [-0.15, -0.1) is 0 Å². The van der Waals surface area contributed by atoms with Crippen molar-refractivity contribution in [2.24, 2.45) is 7.05 Å². The normalized spacial score (nSPS) is 10.2. The second-order valence-electron chi connectivity index (χ2n) is 3.95. The lowest BCUT2D eigenvalue weighted by atomic mass is 10.2. The second kappa shape index (κ2) is 4.91. The zero-order chi connectivity index (χ0) is 13.1. The third kappa shape index (κ3) is 2.34. The lowest BCUT2D eigenvalue weighted by Crippen LogP contribution is -2.12. The monoisotopic (exact) mass is 245 g/mol. The number of carbonyl (C=O) groups excluding carboxylic acids is 1. The van der Waals surface area contributed by atoms with Crippen molar-refractivity contribution < 1.29 is 9.53 Å². The lowest BCUT2D eigenvalue weighted by Gasteiger charge is -2.06. The Hall–Kier alpha value is -2.30. The number of hydrogen-bond donors (Lipinski definition) is 1. The van der Waals surface area contributed by atoms with Crippen LogP contribution in [0.3, 0.4) is 0 Å². The summed E-state index contributed by atoms with van der Waals surface area (Å²) in [6.07, 6.45) is 1.63. The van der Waals surface area contributed by atoms with E-state index in [2.05, 4.69) is 10.4 Å². The first kappa shape index (κ1) is 12.2. The van der Waals surface area contributed by atoms with E-state index in [4.69, 9.17) is 4.74 Å². The summed E-state index contributed by atoms with van der Waals surface area (Å²) < 4.78 is 6.80. The molecule has 5 nitrogen and oxygen atoms in total. The number of benzene rings is 1. The van der Waals surface area contributed by atoms with Crippen molar-refractivity contribution in [3.8, 4) is 5.75 Å². The Balaban J connectivity index is 2.19. The summed E-state index contributed by atoms with van der Waals surface area (Å²) in [6.45, 7) is 1.90. The maximum Gasteiger partial charge on any atom is 0.255 e. The summed E-state index contributed by atoms with van der Waals surface area (Å²) in [5.41, 5.74) is 2.18. The highest BCUT2D eigenvalue weighted by Gasteiger charge is 2.10. The van der Waals surface area contributed by atoms with Crippen molar-refractivity contribution in [2.45, 2.75) is 6.92 Å². The van der Waals surface area contributed by atoms with E-state index in [0.717, 1.165) is 5.69 Å². The topological polar surface area (TPSA) is 56.1 Å². The van der Waals surface area contributed by atoms with E-state index in [1.807, 2.05) is 14.0 Å². The first-order valence-corrected chi connectivity index (χ1v) is 5.56. The van der Waals surface area contributed by atoms with Crippen molar-refractivity contribution in [2.75, 3.05) is 12.4 Å². The van der Waals surface area contributed by atoms with Crippen molar-refractivity contribution in [3.05, 3.63) is 41.7 Å². The average Bonchev–Trinajstić information content (AvgIpc) is 2.71. The molecule has 1 aromatic carbocycles. The number of nitrogens with one attached hydrogen (secondary N) is 1. The van der Waals surface area contributed by atoms with Crippen LogP contribution in [-0.2, 0) is 7.05 Å². The summed E-state index contributed by atoms with van der Waals surface area (Å²) in [4.78, 5) is 12.0. The summed E-state index contributed by atoms with van der Waals surface area (Å²) in [6, 6.07) is 7.01. The Morgan fingerprint density at radius 3 is 2.83 bits per heavy atom. The minimum atomic E-state index is -0.176. The number of aryl methyl sites for hydroxylation is 1. The largest absolute Gasteiger partial charge is 0.497 e. The molecular weight excluding hydrogens is 230 g/mol. The van der Waals surface area contributed by atoms with Crippen LogP contribution in [0.5, 0.6) is 5.75 Å². The molecule has 1 amide bonds. The van der Waals surface area contributed by atoms with Gasteiger partial charge < -0.3 is 10.1 Å². The zero-order valence-electron chi connectivity index (χ0n) is 10.6. The third-order valence-electron chi connectivity index (χ3n) is 2.82. The molecule has 0 atom stereocenters. The van der Waals surface area contributed by atoms with Crippen molar-refractivity contribution in [3.63, 3.8) is 0 Å². The van der Waals surface area contributed by atoms with Crippen LogP contribution in [0.25, 0.3) is 0 Å². The molecule has 0 radical (unpaired) electrons. The average molecular weight is 245 g/mol. The fourth-order valence-electron chi connectivity index (χ4n) is 1.58. The molecule has 5 heteroatoms. The first-order valence-electron chi connectivity index (χ1n) is 5.56. The number of methoxy groups -OCH3 is 1. The van der Waals surface area contributed by atoms with Crippen LogP contribution >= 0.6 is 0 Å². The highest BCUT2D eigenvalue weighted by atomic mass is 16.5. The molecule has 0 spiro atoms. The van der Waals surface area contributed by atoms with Gasteiger partial charge in [-0.25, -0.2) is 0 Å². The van der Waals surface area contributed by atoms with Gasteiger partial charge in [0.15, 0.2) is 0 Å². The Morgan fingerprint density at radius 2 is 2.22 bits per heavy atom. The predicted octanol–water partition coefficient (Wildman–Crippen LogP) is 1.99. The van der Waals surface area contributed by atoms with Crippen molar-refractivity contribution >= 4 is 11.6 Å². The van der Waals surface area contributed by atoms with Crippen LogP contribution in [0, 0.1) is 6.92 Å². The molecule has 1 aromatic heterocycles. The van der Waals surface area contributed by atoms with E-state index in [0.29, 0.717) is 17.0 Å². The second-order valence-corrected chi connectivity index (χ2v) is 3.95. The highest BCUT2D eigenvalue weighted by molar-refractivity contribution is 6.04. The van der Waals surface area contributed by atoms with E-state index >= 15 is 0 Å². The zero-order valence-corrected chi connectivity index (χ0v) is 10.6. The number of carbonyl (C=O) groups is 1. The van der Waals surface area contributed by atoms with Crippen LogP contribution in [0.4, 0.5) is 5.69 Å². The molecule has 0 aliphatic heterocycles. The number of nitrogens with zero attached hydrogens (tertiary/aromatic N) is 2. The fourth-order valence-corrected chi connectivity index (χ4v) is 1.58. The molecule has 18 heavy (non-hydrogen) atoms. The van der Waals surface area contributed by atoms with Crippen molar-refractivity contribution in [1.82, 2.24) is 9.78 Å². The minimum Gasteiger partial charge on any atom is -0.497 e. The van der Waals surface area contributed by atoms with E-state index in [1.54, 1.807) is 42.3 Å². The van der Waals surface area contributed by atoms with Gasteiger partial charge in [-0.1, -0.05) is 6.07 Å². The molecule has 1 N–H and O–H groups in total. The predicted molar refractivity (Wildman–Crippen MR) is 68.9 cm³/mol. The van der Waals surface area contributed by atoms with E-state index in [-0.39, 0.29) is 5.91 Å². The molecule has 0 saturated heterocycles. The van der Waals surface area contributed by atoms with Crippen molar-refractivity contribution in [1.29, 1.82) is 0 Å². The van der Waals surface area contributed by atoms with Crippen LogP contribution in [0.15, 0.2) is 30.5 Å². The molecule has 94 valence electrons. The number of rotatable bonds is 3. The van der Waals surface area contributed by atoms with Gasteiger partial charge in [0.1, 0.15) is 5.75 Å². The van der Waals surface area contributed by atoms with Gasteiger partial charge in [0, 0.05) is 12.6 Å². The summed E-state index contributed by atoms with van der Waals surface area (Å²) in [7, 11) is 3.40. The number of hydrogen-bond acceptors (Lipinski definition) is 3. The summed E-state index contributed by atoms with van der Waals surface area (Å²) in [5.74, 6) is 0.482. The summed E-state index contributed by atoms with van der Waals surface area (Å²) >= 11 is 0. The smallest absolute Gasteiger partial charge is 0.255 e. The van der Waals surface area contributed by atoms with Gasteiger partial charge in [-0.05, 0) is 25.1 Å². The number of anilines is 1. The van der Waals surface area contributed by atoms with Crippen LogP contribution in [-0.4, -0.2) is 22.8 Å². The van der Waals surface area contributed by atoms with E-state index < -0.39 is 0 Å². The summed E-state index contributed by atoms with van der Waals surface area (Å²) in [5, 5.41) is 6.89. The molecular formula is C13H15N3O2. The SMILES string of the molecule is COc1cccc(C(=O)Nc2cnn(C)c2C)c1. The van der Waals surface area contributed by atoms with Crippen LogP contribution in [0.1, 0.15) is 16.1 Å². The molecule has 2 rings (SSSR count). The van der Waals surface area contributed by atoms with Gasteiger partial charge in [0.2, 0.25) is 0 Å². The molecule has 0 saturated carbocycles. The van der Waals surface area contributed by atoms with E-state index in [9.17, 15) is 4.79 Å². The number of aromatic nitrogens is 2. The maximum absolute atomic E-state index is 12.0. The molecule has 0 unspecified atom stereocenters. The molecule has 0 fully saturated rings. The maximum atomic E-state index is 12.0. The Labute approximate surface area is 105 Å². The van der Waals surface area contributed by atoms with E-state index in [1.165, 1.54) is 0 Å². The standard InChI is InChI=1S/C13H15N3O2/c1-9-12(8-14-16(9)2)15-13(17)10-5-4-6-11(7-10)18-3/h4-8H,1-3H3,(H,15,17). The van der Waals surface area contributed by atoms with Gasteiger partial charge in [0.05, 0.1) is 24.7 Å². The molecule has 0 bridgehead atoms. The van der Waals surface area contributed by atoms with Gasteiger partial charge in [0.25, 0.3) is 5.91 Å². The minimum absolute atomic E-state index is 0.176. The molecule has 0 aliphatic rings. The Kier molecular flexibility index (Phi) is 3.32.